The zero-order valence-corrected chi connectivity index (χ0v) is 14.3. The van der Waals surface area contributed by atoms with Crippen molar-refractivity contribution in [2.45, 2.75) is 59.5 Å². The van der Waals surface area contributed by atoms with E-state index in [2.05, 4.69) is 49.7 Å². The van der Waals surface area contributed by atoms with Crippen molar-refractivity contribution in [3.05, 3.63) is 0 Å². The third-order valence-corrected chi connectivity index (χ3v) is 5.23. The standard InChI is InChI=1S/C17H35N3/c1-6-18-16-15(7-8-17(16,4)5)20-11-9-19(10-12-20)13-14(2)3/h14-16,18H,6-13H2,1-5H3. The Morgan fingerprint density at radius 3 is 2.35 bits per heavy atom. The number of nitrogens with one attached hydrogen (secondary N) is 1. The topological polar surface area (TPSA) is 18.5 Å². The molecule has 1 aliphatic heterocycles. The highest BCUT2D eigenvalue weighted by molar-refractivity contribution is 5.01. The van der Waals surface area contributed by atoms with Crippen LogP contribution in [0.4, 0.5) is 0 Å². The van der Waals surface area contributed by atoms with E-state index < -0.39 is 0 Å². The van der Waals surface area contributed by atoms with Crippen molar-refractivity contribution in [2.24, 2.45) is 11.3 Å². The van der Waals surface area contributed by atoms with E-state index in [4.69, 9.17) is 0 Å². The normalized spacial score (nSPS) is 32.1. The van der Waals surface area contributed by atoms with Crippen LogP contribution in [0.5, 0.6) is 0 Å². The van der Waals surface area contributed by atoms with Gasteiger partial charge in [0.05, 0.1) is 0 Å². The van der Waals surface area contributed by atoms with Gasteiger partial charge in [0.25, 0.3) is 0 Å². The molecule has 1 saturated carbocycles. The second kappa shape index (κ2) is 6.76. The SMILES string of the molecule is CCNC1C(N2CCN(CC(C)C)CC2)CCC1(C)C. The van der Waals surface area contributed by atoms with Crippen LogP contribution in [0.15, 0.2) is 0 Å². The summed E-state index contributed by atoms with van der Waals surface area (Å²) in [5.74, 6) is 0.793. The van der Waals surface area contributed by atoms with E-state index in [9.17, 15) is 0 Å². The van der Waals surface area contributed by atoms with Gasteiger partial charge in [-0.25, -0.2) is 0 Å². The van der Waals surface area contributed by atoms with Crippen LogP contribution in [0.25, 0.3) is 0 Å². The average Bonchev–Trinajstić information content (AvgIpc) is 2.67. The molecule has 2 unspecified atom stereocenters. The number of likely N-dealkylation sites (N-methyl/N-ethyl adjacent to an activating group) is 1. The van der Waals surface area contributed by atoms with Crippen LogP contribution in [-0.2, 0) is 0 Å². The first-order valence-electron chi connectivity index (χ1n) is 8.64. The summed E-state index contributed by atoms with van der Waals surface area (Å²) < 4.78 is 0. The summed E-state index contributed by atoms with van der Waals surface area (Å²) in [6, 6.07) is 1.43. The second-order valence-electron chi connectivity index (χ2n) is 7.86. The van der Waals surface area contributed by atoms with Gasteiger partial charge in [-0.3, -0.25) is 4.90 Å². The molecule has 2 rings (SSSR count). The lowest BCUT2D eigenvalue weighted by atomic mass is 9.86. The van der Waals surface area contributed by atoms with E-state index in [0.29, 0.717) is 11.5 Å². The third kappa shape index (κ3) is 3.75. The Bertz CT molecular complexity index is 293. The van der Waals surface area contributed by atoms with Gasteiger partial charge in [-0.05, 0) is 30.7 Å². The van der Waals surface area contributed by atoms with Gasteiger partial charge in [-0.2, -0.15) is 0 Å². The van der Waals surface area contributed by atoms with Gasteiger partial charge in [-0.1, -0.05) is 34.6 Å². The molecular weight excluding hydrogens is 246 g/mol. The maximum atomic E-state index is 3.77. The maximum absolute atomic E-state index is 3.77. The lowest BCUT2D eigenvalue weighted by Crippen LogP contribution is -2.57. The minimum atomic E-state index is 0.454. The van der Waals surface area contributed by atoms with Gasteiger partial charge < -0.3 is 10.2 Å². The fourth-order valence-electron chi connectivity index (χ4n) is 4.18. The Labute approximate surface area is 126 Å². The molecule has 0 aromatic rings. The molecule has 1 saturated heterocycles. The average molecular weight is 281 g/mol. The Morgan fingerprint density at radius 2 is 1.80 bits per heavy atom. The summed E-state index contributed by atoms with van der Waals surface area (Å²) in [5.41, 5.74) is 0.454. The molecule has 0 radical (unpaired) electrons. The van der Waals surface area contributed by atoms with Gasteiger partial charge >= 0.3 is 0 Å². The van der Waals surface area contributed by atoms with Crippen molar-refractivity contribution in [1.29, 1.82) is 0 Å². The van der Waals surface area contributed by atoms with Crippen molar-refractivity contribution in [2.75, 3.05) is 39.3 Å². The van der Waals surface area contributed by atoms with E-state index >= 15 is 0 Å². The van der Waals surface area contributed by atoms with Crippen molar-refractivity contribution in [1.82, 2.24) is 15.1 Å². The van der Waals surface area contributed by atoms with Crippen molar-refractivity contribution in [3.8, 4) is 0 Å². The Balaban J connectivity index is 1.89. The largest absolute Gasteiger partial charge is 0.312 e. The van der Waals surface area contributed by atoms with Crippen molar-refractivity contribution < 1.29 is 0 Å². The van der Waals surface area contributed by atoms with E-state index in [1.165, 1.54) is 45.6 Å². The van der Waals surface area contributed by atoms with Crippen LogP contribution in [0.2, 0.25) is 0 Å². The van der Waals surface area contributed by atoms with Crippen LogP contribution >= 0.6 is 0 Å². The molecule has 1 aliphatic carbocycles. The fourth-order valence-corrected chi connectivity index (χ4v) is 4.18. The Kier molecular flexibility index (Phi) is 5.49. The zero-order chi connectivity index (χ0) is 14.8. The summed E-state index contributed by atoms with van der Waals surface area (Å²) in [5, 5.41) is 3.77. The Morgan fingerprint density at radius 1 is 1.15 bits per heavy atom. The number of piperazine rings is 1. The summed E-state index contributed by atoms with van der Waals surface area (Å²) in [6.45, 7) is 19.2. The quantitative estimate of drug-likeness (QED) is 0.835. The lowest BCUT2D eigenvalue weighted by Gasteiger charge is -2.42. The molecule has 3 heteroatoms. The molecule has 3 nitrogen and oxygen atoms in total. The molecule has 2 atom stereocenters. The molecule has 0 aromatic carbocycles. The highest BCUT2D eigenvalue weighted by Gasteiger charge is 2.44. The second-order valence-corrected chi connectivity index (χ2v) is 7.86. The molecule has 2 aliphatic rings. The molecule has 20 heavy (non-hydrogen) atoms. The maximum Gasteiger partial charge on any atom is 0.0274 e. The number of nitrogens with zero attached hydrogens (tertiary/aromatic N) is 2. The van der Waals surface area contributed by atoms with E-state index in [-0.39, 0.29) is 0 Å². The molecule has 1 N–H and O–H groups in total. The monoisotopic (exact) mass is 281 g/mol. The van der Waals surface area contributed by atoms with Gasteiger partial charge in [-0.15, -0.1) is 0 Å². The highest BCUT2D eigenvalue weighted by atomic mass is 15.3. The molecule has 0 aromatic heterocycles. The summed E-state index contributed by atoms with van der Waals surface area (Å²) in [6.07, 6.45) is 2.73. The summed E-state index contributed by atoms with van der Waals surface area (Å²) in [7, 11) is 0. The number of hydrogen-bond acceptors (Lipinski definition) is 3. The molecule has 1 heterocycles. The zero-order valence-electron chi connectivity index (χ0n) is 14.3. The highest BCUT2D eigenvalue weighted by Crippen LogP contribution is 2.40. The third-order valence-electron chi connectivity index (χ3n) is 5.23. The summed E-state index contributed by atoms with van der Waals surface area (Å²) >= 11 is 0. The van der Waals surface area contributed by atoms with Gasteiger partial charge in [0.15, 0.2) is 0 Å². The molecule has 2 fully saturated rings. The molecule has 118 valence electrons. The van der Waals surface area contributed by atoms with E-state index in [1.807, 2.05) is 0 Å². The predicted octanol–water partition coefficient (Wildman–Crippen LogP) is 2.43. The first-order chi connectivity index (χ1) is 9.44. The molecule has 0 amide bonds. The first kappa shape index (κ1) is 16.3. The minimum Gasteiger partial charge on any atom is -0.312 e. The van der Waals surface area contributed by atoms with Crippen LogP contribution in [-0.4, -0.2) is 61.2 Å². The molecule has 0 spiro atoms. The molecular formula is C17H35N3. The van der Waals surface area contributed by atoms with E-state index in [0.717, 1.165) is 18.5 Å². The Hall–Kier alpha value is -0.120. The van der Waals surface area contributed by atoms with Crippen molar-refractivity contribution in [3.63, 3.8) is 0 Å². The van der Waals surface area contributed by atoms with Gasteiger partial charge in [0, 0.05) is 44.8 Å². The van der Waals surface area contributed by atoms with Gasteiger partial charge in [0.2, 0.25) is 0 Å². The number of rotatable bonds is 5. The lowest BCUT2D eigenvalue weighted by molar-refractivity contribution is 0.0714. The molecule has 0 bridgehead atoms. The van der Waals surface area contributed by atoms with Crippen molar-refractivity contribution >= 4 is 0 Å². The van der Waals surface area contributed by atoms with Gasteiger partial charge in [0.1, 0.15) is 0 Å². The van der Waals surface area contributed by atoms with E-state index in [1.54, 1.807) is 0 Å². The first-order valence-corrected chi connectivity index (χ1v) is 8.64. The van der Waals surface area contributed by atoms with Crippen LogP contribution < -0.4 is 5.32 Å². The summed E-state index contributed by atoms with van der Waals surface area (Å²) in [4.78, 5) is 5.41. The van der Waals surface area contributed by atoms with Crippen LogP contribution in [0.1, 0.15) is 47.5 Å². The smallest absolute Gasteiger partial charge is 0.0274 e. The predicted molar refractivity (Wildman–Crippen MR) is 87.1 cm³/mol. The number of hydrogen-bond donors (Lipinski definition) is 1. The van der Waals surface area contributed by atoms with Crippen LogP contribution in [0, 0.1) is 11.3 Å². The fraction of sp³-hybridized carbons (Fsp3) is 1.00. The minimum absolute atomic E-state index is 0.454. The van der Waals surface area contributed by atoms with Crippen LogP contribution in [0.3, 0.4) is 0 Å².